The molecule has 0 heterocycles. The monoisotopic (exact) mass is 186 g/mol. The van der Waals surface area contributed by atoms with Crippen LogP contribution in [0.15, 0.2) is 12.2 Å². The SMILES string of the molecule is CC1(C)CC#C/C=C\C#CCCC1=O. The molecule has 0 bridgehead atoms. The van der Waals surface area contributed by atoms with Gasteiger partial charge in [-0.15, -0.1) is 0 Å². The van der Waals surface area contributed by atoms with E-state index in [2.05, 4.69) is 23.7 Å². The van der Waals surface area contributed by atoms with Crippen LogP contribution in [-0.4, -0.2) is 5.78 Å². The van der Waals surface area contributed by atoms with Crippen LogP contribution < -0.4 is 0 Å². The Bertz CT molecular complexity index is 364. The molecule has 0 aromatic heterocycles. The van der Waals surface area contributed by atoms with E-state index in [1.54, 1.807) is 12.2 Å². The van der Waals surface area contributed by atoms with Gasteiger partial charge < -0.3 is 0 Å². The average molecular weight is 186 g/mol. The summed E-state index contributed by atoms with van der Waals surface area (Å²) in [7, 11) is 0. The Hall–Kier alpha value is -1.47. The predicted octanol–water partition coefficient (Wildman–Crippen LogP) is 2.33. The molecule has 0 fully saturated rings. The van der Waals surface area contributed by atoms with Gasteiger partial charge in [-0.25, -0.2) is 0 Å². The third-order valence-electron chi connectivity index (χ3n) is 2.22. The fourth-order valence-electron chi connectivity index (χ4n) is 1.16. The van der Waals surface area contributed by atoms with Crippen LogP contribution in [0.5, 0.6) is 0 Å². The minimum atomic E-state index is -0.327. The highest BCUT2D eigenvalue weighted by atomic mass is 16.1. The molecule has 0 spiro atoms. The summed E-state index contributed by atoms with van der Waals surface area (Å²) in [5.74, 6) is 11.9. The number of Topliss-reactive ketones (excluding diaryl/α,β-unsaturated/α-hetero) is 1. The third-order valence-corrected chi connectivity index (χ3v) is 2.22. The molecule has 0 atom stereocenters. The van der Waals surface area contributed by atoms with E-state index in [0.717, 1.165) is 0 Å². The van der Waals surface area contributed by atoms with E-state index < -0.39 is 0 Å². The Balaban J connectivity index is 2.83. The van der Waals surface area contributed by atoms with Gasteiger partial charge in [-0.1, -0.05) is 37.5 Å². The molecule has 0 aliphatic heterocycles. The fourth-order valence-corrected chi connectivity index (χ4v) is 1.16. The van der Waals surface area contributed by atoms with Gasteiger partial charge >= 0.3 is 0 Å². The van der Waals surface area contributed by atoms with E-state index in [0.29, 0.717) is 19.3 Å². The molecule has 0 aromatic carbocycles. The second-order valence-electron chi connectivity index (χ2n) is 3.96. The van der Waals surface area contributed by atoms with Crippen LogP contribution in [0.1, 0.15) is 33.1 Å². The van der Waals surface area contributed by atoms with Crippen LogP contribution in [0.3, 0.4) is 0 Å². The summed E-state index contributed by atoms with van der Waals surface area (Å²) in [5.41, 5.74) is -0.327. The van der Waals surface area contributed by atoms with Crippen molar-refractivity contribution in [2.24, 2.45) is 5.41 Å². The highest BCUT2D eigenvalue weighted by molar-refractivity contribution is 5.84. The van der Waals surface area contributed by atoms with Crippen molar-refractivity contribution in [1.29, 1.82) is 0 Å². The molecule has 0 aromatic rings. The van der Waals surface area contributed by atoms with Gasteiger partial charge in [0.25, 0.3) is 0 Å². The molecular formula is C13H14O. The summed E-state index contributed by atoms with van der Waals surface area (Å²) in [4.78, 5) is 11.7. The number of rotatable bonds is 0. The Morgan fingerprint density at radius 2 is 1.86 bits per heavy atom. The first-order valence-electron chi connectivity index (χ1n) is 4.78. The molecule has 0 radical (unpaired) electrons. The number of ketones is 1. The molecule has 0 amide bonds. The van der Waals surface area contributed by atoms with Crippen molar-refractivity contribution in [3.05, 3.63) is 12.2 Å². The molecule has 1 heteroatoms. The van der Waals surface area contributed by atoms with E-state index in [1.165, 1.54) is 0 Å². The second kappa shape index (κ2) is 4.68. The van der Waals surface area contributed by atoms with Crippen molar-refractivity contribution in [2.75, 3.05) is 0 Å². The molecule has 0 unspecified atom stereocenters. The minimum absolute atomic E-state index is 0.253. The van der Waals surface area contributed by atoms with Crippen molar-refractivity contribution in [3.63, 3.8) is 0 Å². The number of allylic oxidation sites excluding steroid dienone is 2. The van der Waals surface area contributed by atoms with Gasteiger partial charge in [-0.2, -0.15) is 0 Å². The highest BCUT2D eigenvalue weighted by Crippen LogP contribution is 2.23. The normalized spacial score (nSPS) is 22.0. The van der Waals surface area contributed by atoms with Crippen LogP contribution in [0.4, 0.5) is 0 Å². The summed E-state index contributed by atoms with van der Waals surface area (Å²) in [6.45, 7) is 3.89. The Kier molecular flexibility index (Phi) is 3.55. The Labute approximate surface area is 85.6 Å². The van der Waals surface area contributed by atoms with Crippen LogP contribution >= 0.6 is 0 Å². The van der Waals surface area contributed by atoms with Crippen molar-refractivity contribution < 1.29 is 4.79 Å². The first-order valence-corrected chi connectivity index (χ1v) is 4.78. The molecule has 72 valence electrons. The summed E-state index contributed by atoms with van der Waals surface area (Å²) >= 11 is 0. The van der Waals surface area contributed by atoms with Crippen LogP contribution in [0.2, 0.25) is 0 Å². The van der Waals surface area contributed by atoms with Gasteiger partial charge in [-0.05, 0) is 12.2 Å². The van der Waals surface area contributed by atoms with Crippen molar-refractivity contribution in [1.82, 2.24) is 0 Å². The number of carbonyl (C=O) groups is 1. The number of carbonyl (C=O) groups excluding carboxylic acids is 1. The van der Waals surface area contributed by atoms with E-state index in [9.17, 15) is 4.79 Å². The Morgan fingerprint density at radius 3 is 2.57 bits per heavy atom. The molecule has 0 saturated carbocycles. The van der Waals surface area contributed by atoms with Gasteiger partial charge in [-0.3, -0.25) is 4.79 Å². The quantitative estimate of drug-likeness (QED) is 0.531. The maximum absolute atomic E-state index is 11.7. The highest BCUT2D eigenvalue weighted by Gasteiger charge is 2.25. The maximum atomic E-state index is 11.7. The van der Waals surface area contributed by atoms with Gasteiger partial charge in [0.15, 0.2) is 0 Å². The predicted molar refractivity (Wildman–Crippen MR) is 57.3 cm³/mol. The molecular weight excluding hydrogens is 172 g/mol. The average Bonchev–Trinajstić information content (AvgIpc) is 2.16. The van der Waals surface area contributed by atoms with Crippen molar-refractivity contribution in [3.8, 4) is 23.7 Å². The van der Waals surface area contributed by atoms with E-state index >= 15 is 0 Å². The molecule has 1 aliphatic carbocycles. The lowest BCUT2D eigenvalue weighted by Gasteiger charge is -2.19. The molecule has 1 aliphatic rings. The van der Waals surface area contributed by atoms with Crippen molar-refractivity contribution in [2.45, 2.75) is 33.1 Å². The van der Waals surface area contributed by atoms with Gasteiger partial charge in [0, 0.05) is 24.7 Å². The van der Waals surface area contributed by atoms with E-state index in [4.69, 9.17) is 0 Å². The summed E-state index contributed by atoms with van der Waals surface area (Å²) in [5, 5.41) is 0. The Morgan fingerprint density at radius 1 is 1.21 bits per heavy atom. The lowest BCUT2D eigenvalue weighted by Crippen LogP contribution is -2.23. The lowest BCUT2D eigenvalue weighted by molar-refractivity contribution is -0.126. The van der Waals surface area contributed by atoms with Gasteiger partial charge in [0.05, 0.1) is 0 Å². The topological polar surface area (TPSA) is 17.1 Å². The summed E-state index contributed by atoms with van der Waals surface area (Å²) in [6, 6.07) is 0. The first-order chi connectivity index (χ1) is 6.63. The maximum Gasteiger partial charge on any atom is 0.140 e. The largest absolute Gasteiger partial charge is 0.299 e. The molecule has 1 rings (SSSR count). The molecule has 0 N–H and O–H groups in total. The smallest absolute Gasteiger partial charge is 0.140 e. The lowest BCUT2D eigenvalue weighted by atomic mass is 9.83. The van der Waals surface area contributed by atoms with E-state index in [1.807, 2.05) is 13.8 Å². The minimum Gasteiger partial charge on any atom is -0.299 e. The first kappa shape index (κ1) is 10.6. The van der Waals surface area contributed by atoms with Crippen LogP contribution in [-0.2, 0) is 4.79 Å². The van der Waals surface area contributed by atoms with Crippen molar-refractivity contribution >= 4 is 5.78 Å². The summed E-state index contributed by atoms with van der Waals surface area (Å²) < 4.78 is 0. The van der Waals surface area contributed by atoms with Gasteiger partial charge in [0.2, 0.25) is 0 Å². The fraction of sp³-hybridized carbons (Fsp3) is 0.462. The van der Waals surface area contributed by atoms with E-state index in [-0.39, 0.29) is 11.2 Å². The summed E-state index contributed by atoms with van der Waals surface area (Å²) in [6.07, 6.45) is 5.27. The number of hydrogen-bond donors (Lipinski definition) is 0. The zero-order valence-corrected chi connectivity index (χ0v) is 8.68. The molecule has 0 saturated heterocycles. The third kappa shape index (κ3) is 3.11. The standard InChI is InChI=1S/C13H14O/c1-13(2)11-9-7-5-3-4-6-8-10-12(13)14/h3,5H,8,10-11H2,1-2H3/b5-3-. The van der Waals surface area contributed by atoms with Crippen LogP contribution in [0.25, 0.3) is 0 Å². The zero-order chi connectivity index (χ0) is 10.4. The number of hydrogen-bond acceptors (Lipinski definition) is 1. The zero-order valence-electron chi connectivity index (χ0n) is 8.68. The molecule has 14 heavy (non-hydrogen) atoms. The molecule has 1 nitrogen and oxygen atoms in total. The second-order valence-corrected chi connectivity index (χ2v) is 3.96. The van der Waals surface area contributed by atoms with Crippen LogP contribution in [0, 0.1) is 29.1 Å². The van der Waals surface area contributed by atoms with Gasteiger partial charge in [0.1, 0.15) is 5.78 Å².